The first-order valence-corrected chi connectivity index (χ1v) is 42.2. The smallest absolute Gasteiger partial charge is 0.493 e. The molecule has 1 aliphatic rings. The summed E-state index contributed by atoms with van der Waals surface area (Å²) in [5.41, 5.74) is 6.66. The molecule has 0 saturated carbocycles. The molecule has 586 valence electrons. The summed E-state index contributed by atoms with van der Waals surface area (Å²) in [5, 5.41) is 53.5. The van der Waals surface area contributed by atoms with Gasteiger partial charge in [0.2, 0.25) is 0 Å². The molecule has 1 fully saturated rings. The summed E-state index contributed by atoms with van der Waals surface area (Å²) < 4.78 is 41.2. The van der Waals surface area contributed by atoms with Crippen LogP contribution in [0.1, 0.15) is 206 Å². The summed E-state index contributed by atoms with van der Waals surface area (Å²) in [4.78, 5) is 10.9. The third-order valence-electron chi connectivity index (χ3n) is 19.4. The van der Waals surface area contributed by atoms with E-state index in [-0.39, 0.29) is 37.2 Å². The second kappa shape index (κ2) is 45.7. The second-order valence-electron chi connectivity index (χ2n) is 30.2. The standard InChI is InChI=1S/C37H42B2N2O5.C37H38Br2N2O.C9H21BO3.C4H8O.C4H9.Li/c1-3-5-7-11-21-41-36-32-24-27(39(44)45)17-19-30(32)29-18-16-26(38(42)43)23-31(29)35(36)40-37(41)34-28-14-10-9-13-25(28)15-20-33(34)46-22-12-8-6-4-2;1-3-5-7-11-21-41-36-32-24-27(39)17-19-30(32)29-18-16-26(38)23-31(29)35(36)40-37(41)34-28-14-10-9-13-25(28)15-20-33(34)42-22-12-8-6-4-2;1-7(2)11-10(12-8(3)4)13-9(5)6;1-2-4-5-3-1;1-4(2)3;/h9-10,13-20,23-24,42-45H,3-8,11-12,21-22H2,1-2H3;9-10,13-20,23-24H,3-8,11-12,21-22H2,1-2H3;7-9H,1-6H3;1-4H2;1-3H3;/q;;;;-1;+1. The Bertz CT molecular complexity index is 4860. The van der Waals surface area contributed by atoms with E-state index in [4.69, 9.17) is 38.1 Å². The molecule has 111 heavy (non-hydrogen) atoms. The molecule has 1 saturated heterocycles. The van der Waals surface area contributed by atoms with Crippen LogP contribution >= 0.6 is 31.9 Å². The summed E-state index contributed by atoms with van der Waals surface area (Å²) in [6, 6.07) is 49.6. The van der Waals surface area contributed by atoms with Crippen molar-refractivity contribution in [3.8, 4) is 34.3 Å². The number of benzene rings is 10. The molecule has 3 heterocycles. The molecule has 0 spiro atoms. The first kappa shape index (κ1) is 90.3. The quantitative estimate of drug-likeness (QED) is 0.0136. The molecule has 0 atom stereocenters. The van der Waals surface area contributed by atoms with E-state index in [0.717, 1.165) is 170 Å². The van der Waals surface area contributed by atoms with Gasteiger partial charge in [0.25, 0.3) is 0 Å². The molecule has 0 unspecified atom stereocenters. The molecule has 20 heteroatoms. The molecular weight excluding hydrogens is 1510 g/mol. The number of rotatable bonds is 32. The third-order valence-corrected chi connectivity index (χ3v) is 20.4. The molecule has 10 aromatic carbocycles. The molecule has 13 rings (SSSR count). The van der Waals surface area contributed by atoms with Crippen LogP contribution in [0.3, 0.4) is 0 Å². The molecule has 0 amide bonds. The van der Waals surface area contributed by atoms with E-state index in [1.165, 1.54) is 102 Å². The Morgan fingerprint density at radius 2 is 0.775 bits per heavy atom. The van der Waals surface area contributed by atoms with Gasteiger partial charge < -0.3 is 63.3 Å². The monoisotopic (exact) mass is 1620 g/mol. The molecule has 1 aliphatic heterocycles. The third kappa shape index (κ3) is 24.6. The van der Waals surface area contributed by atoms with Crippen molar-refractivity contribution in [3.63, 3.8) is 0 Å². The van der Waals surface area contributed by atoms with Gasteiger partial charge in [-0.25, -0.2) is 9.97 Å². The van der Waals surface area contributed by atoms with E-state index in [1.54, 1.807) is 12.1 Å². The maximum absolute atomic E-state index is 10.2. The van der Waals surface area contributed by atoms with Crippen LogP contribution in [0.4, 0.5) is 0 Å². The van der Waals surface area contributed by atoms with E-state index in [2.05, 4.69) is 187 Å². The number of imidazole rings is 2. The van der Waals surface area contributed by atoms with Crippen LogP contribution in [0.5, 0.6) is 11.5 Å². The van der Waals surface area contributed by atoms with E-state index < -0.39 is 21.6 Å². The zero-order valence-electron chi connectivity index (χ0n) is 68.6. The fourth-order valence-corrected chi connectivity index (χ4v) is 14.9. The van der Waals surface area contributed by atoms with Crippen LogP contribution in [0.15, 0.2) is 155 Å². The Labute approximate surface area is 690 Å². The van der Waals surface area contributed by atoms with Crippen molar-refractivity contribution in [2.75, 3.05) is 26.4 Å². The molecular formula is C91H118B3Br2LiN4O10. The van der Waals surface area contributed by atoms with Gasteiger partial charge in [0, 0.05) is 75.1 Å². The Morgan fingerprint density at radius 1 is 0.423 bits per heavy atom. The van der Waals surface area contributed by atoms with E-state index >= 15 is 0 Å². The number of hydrogen-bond donors (Lipinski definition) is 4. The molecule has 0 radical (unpaired) electrons. The van der Waals surface area contributed by atoms with E-state index in [9.17, 15) is 20.1 Å². The van der Waals surface area contributed by atoms with Crippen molar-refractivity contribution in [2.45, 2.75) is 237 Å². The number of aryl methyl sites for hydroxylation is 2. The summed E-state index contributed by atoms with van der Waals surface area (Å²) >= 11 is 7.53. The molecule has 14 nitrogen and oxygen atoms in total. The van der Waals surface area contributed by atoms with Crippen molar-refractivity contribution in [2.24, 2.45) is 0 Å². The van der Waals surface area contributed by atoms with Gasteiger partial charge in [0.15, 0.2) is 0 Å². The molecule has 4 N–H and O–H groups in total. The Kier molecular flexibility index (Phi) is 37.2. The van der Waals surface area contributed by atoms with Crippen molar-refractivity contribution >= 4 is 151 Å². The average Bonchev–Trinajstić information content (AvgIpc) is 1.66. The van der Waals surface area contributed by atoms with Gasteiger partial charge in [-0.3, -0.25) is 0 Å². The number of aromatic nitrogens is 4. The van der Waals surface area contributed by atoms with E-state index in [0.29, 0.717) is 30.7 Å². The average molecular weight is 1630 g/mol. The van der Waals surface area contributed by atoms with Gasteiger partial charge >= 0.3 is 40.4 Å². The fraction of sp³-hybridized carbons (Fsp3) is 0.440. The van der Waals surface area contributed by atoms with Gasteiger partial charge in [-0.1, -0.05) is 246 Å². The number of nitrogens with zero attached hydrogens (tertiary/aromatic N) is 4. The van der Waals surface area contributed by atoms with Crippen LogP contribution in [0.25, 0.3) is 109 Å². The van der Waals surface area contributed by atoms with Gasteiger partial charge in [0.1, 0.15) is 23.1 Å². The van der Waals surface area contributed by atoms with Crippen molar-refractivity contribution in [3.05, 3.63) is 160 Å². The largest absolute Gasteiger partial charge is 1.00 e. The minimum atomic E-state index is -1.62. The Balaban J connectivity index is 0.000000218. The second-order valence-corrected chi connectivity index (χ2v) is 32.1. The minimum Gasteiger partial charge on any atom is -0.493 e. The zero-order chi connectivity index (χ0) is 78.8. The number of fused-ring (bicyclic) bond motifs is 14. The SMILES string of the molecule is C1CCOC1.CC(C)OB(OC(C)C)OC(C)C.CCCCCCOc1ccc2ccccc2c1-c1nc2c3cc(B(O)O)ccc3c3ccc(B(O)O)cc3c2n1CCCCCC.CCCCCCOc1ccc2ccccc2c1-c1nc2c3cc(Br)ccc3c3ccc(Br)cc3c2n1CCCCCC.C[C-](C)C.[Li+]. The summed E-state index contributed by atoms with van der Waals surface area (Å²) in [7, 11) is -3.78. The molecule has 0 aliphatic carbocycles. The molecule has 0 bridgehead atoms. The van der Waals surface area contributed by atoms with E-state index in [1.807, 2.05) is 77.9 Å². The summed E-state index contributed by atoms with van der Waals surface area (Å²) in [5.74, 6) is 4.90. The van der Waals surface area contributed by atoms with Gasteiger partial charge in [-0.15, -0.1) is 0 Å². The van der Waals surface area contributed by atoms with Crippen molar-refractivity contribution < 1.29 is 67.1 Å². The topological polar surface area (TPSA) is 172 Å². The van der Waals surface area contributed by atoms with Crippen LogP contribution in [0.2, 0.25) is 0 Å². The minimum absolute atomic E-state index is 0. The number of halogens is 2. The van der Waals surface area contributed by atoms with Crippen LogP contribution in [0, 0.1) is 5.92 Å². The normalized spacial score (nSPS) is 12.1. The first-order chi connectivity index (χ1) is 53.2. The fourth-order valence-electron chi connectivity index (χ4n) is 14.1. The van der Waals surface area contributed by atoms with Crippen LogP contribution < -0.4 is 39.3 Å². The van der Waals surface area contributed by atoms with Crippen molar-refractivity contribution in [1.29, 1.82) is 0 Å². The van der Waals surface area contributed by atoms with Crippen molar-refractivity contribution in [1.82, 2.24) is 19.1 Å². The Hall–Kier alpha value is -6.27. The van der Waals surface area contributed by atoms with Crippen LogP contribution in [-0.4, -0.2) is 105 Å². The number of ether oxygens (including phenoxy) is 3. The predicted octanol–water partition coefficient (Wildman–Crippen LogP) is 20.0. The number of unbranched alkanes of at least 4 members (excludes halogenated alkanes) is 12. The van der Waals surface area contributed by atoms with Crippen LogP contribution in [-0.2, 0) is 31.8 Å². The Morgan fingerprint density at radius 3 is 1.15 bits per heavy atom. The first-order valence-electron chi connectivity index (χ1n) is 40.6. The summed E-state index contributed by atoms with van der Waals surface area (Å²) in [6.45, 7) is 31.9. The molecule has 2 aromatic heterocycles. The number of hydrogen-bond acceptors (Lipinski definition) is 12. The maximum Gasteiger partial charge on any atom is 1.00 e. The molecule has 12 aromatic rings. The van der Waals surface area contributed by atoms with Gasteiger partial charge in [-0.05, 0) is 170 Å². The zero-order valence-corrected chi connectivity index (χ0v) is 71.7. The van der Waals surface area contributed by atoms with Gasteiger partial charge in [-0.2, -0.15) is 20.8 Å². The van der Waals surface area contributed by atoms with Gasteiger partial charge in [0.05, 0.1) is 46.4 Å². The predicted molar refractivity (Wildman–Crippen MR) is 473 cm³/mol. The maximum atomic E-state index is 10.2. The summed E-state index contributed by atoms with van der Waals surface area (Å²) in [6.07, 6.45) is 21.1.